The molecular formula is C24H23N3O6S. The minimum atomic E-state index is -1.17. The Hall–Kier alpha value is -3.76. The molecule has 3 aromatic rings. The van der Waals surface area contributed by atoms with Crippen molar-refractivity contribution in [2.75, 3.05) is 25.6 Å². The molecule has 4 rings (SSSR count). The zero-order valence-corrected chi connectivity index (χ0v) is 19.1. The number of aliphatic carboxylic acids is 1. The van der Waals surface area contributed by atoms with Gasteiger partial charge in [-0.1, -0.05) is 48.5 Å². The summed E-state index contributed by atoms with van der Waals surface area (Å²) in [5.41, 5.74) is 4.47. The number of nitrogens with zero attached hydrogens (tertiary/aromatic N) is 1. The second kappa shape index (κ2) is 10.4. The Labute approximate surface area is 199 Å². The lowest BCUT2D eigenvalue weighted by atomic mass is 9.98. The fourth-order valence-electron chi connectivity index (χ4n) is 3.88. The van der Waals surface area contributed by atoms with Crippen LogP contribution in [0.25, 0.3) is 11.1 Å². The first-order valence-corrected chi connectivity index (χ1v) is 11.5. The molecule has 0 saturated heterocycles. The van der Waals surface area contributed by atoms with Crippen molar-refractivity contribution in [1.29, 1.82) is 0 Å². The van der Waals surface area contributed by atoms with E-state index in [1.54, 1.807) is 0 Å². The van der Waals surface area contributed by atoms with Crippen molar-refractivity contribution in [3.63, 3.8) is 0 Å². The number of carboxylic acid groups (broad SMARTS) is 1. The highest BCUT2D eigenvalue weighted by molar-refractivity contribution is 7.14. The molecule has 34 heavy (non-hydrogen) atoms. The zero-order valence-electron chi connectivity index (χ0n) is 18.3. The number of carbonyl (C=O) groups excluding carboxylic acids is 2. The summed E-state index contributed by atoms with van der Waals surface area (Å²) in [6.07, 6.45) is -0.571. The van der Waals surface area contributed by atoms with Crippen LogP contribution < -0.4 is 10.6 Å². The van der Waals surface area contributed by atoms with Gasteiger partial charge in [0.25, 0.3) is 5.91 Å². The SMILES string of the molecule is COCCC(NC(=O)c1csc(NC(=O)OCC2c3ccccc3-c3ccccc32)n1)C(=O)O. The Kier molecular flexibility index (Phi) is 7.19. The molecule has 1 aromatic heterocycles. The van der Waals surface area contributed by atoms with Gasteiger partial charge < -0.3 is 19.9 Å². The molecular weight excluding hydrogens is 458 g/mol. The summed E-state index contributed by atoms with van der Waals surface area (Å²) in [6.45, 7) is 0.335. The third kappa shape index (κ3) is 5.08. The number of hydrogen-bond acceptors (Lipinski definition) is 7. The van der Waals surface area contributed by atoms with E-state index in [0.717, 1.165) is 33.6 Å². The highest BCUT2D eigenvalue weighted by Crippen LogP contribution is 2.44. The molecule has 2 amide bonds. The number of carbonyl (C=O) groups is 3. The van der Waals surface area contributed by atoms with Crippen LogP contribution in [0.5, 0.6) is 0 Å². The molecule has 1 unspecified atom stereocenters. The lowest BCUT2D eigenvalue weighted by molar-refractivity contribution is -0.139. The van der Waals surface area contributed by atoms with Crippen LogP contribution in [0.3, 0.4) is 0 Å². The van der Waals surface area contributed by atoms with Gasteiger partial charge in [-0.05, 0) is 22.3 Å². The Morgan fingerprint density at radius 2 is 1.74 bits per heavy atom. The number of aromatic nitrogens is 1. The molecule has 0 aliphatic heterocycles. The molecule has 0 fully saturated rings. The van der Waals surface area contributed by atoms with E-state index in [0.29, 0.717) is 0 Å². The molecule has 0 radical (unpaired) electrons. The largest absolute Gasteiger partial charge is 0.480 e. The number of benzene rings is 2. The molecule has 1 aliphatic carbocycles. The van der Waals surface area contributed by atoms with Crippen LogP contribution in [0.15, 0.2) is 53.9 Å². The number of nitrogens with one attached hydrogen (secondary N) is 2. The Balaban J connectivity index is 1.35. The summed E-state index contributed by atoms with van der Waals surface area (Å²) < 4.78 is 10.3. The summed E-state index contributed by atoms with van der Waals surface area (Å²) in [7, 11) is 1.45. The highest BCUT2D eigenvalue weighted by Gasteiger charge is 2.29. The van der Waals surface area contributed by atoms with E-state index in [1.807, 2.05) is 36.4 Å². The average molecular weight is 482 g/mol. The number of amides is 2. The van der Waals surface area contributed by atoms with Crippen LogP contribution in [0.2, 0.25) is 0 Å². The van der Waals surface area contributed by atoms with E-state index in [-0.39, 0.29) is 36.4 Å². The quantitative estimate of drug-likeness (QED) is 0.425. The number of fused-ring (bicyclic) bond motifs is 3. The molecule has 1 atom stereocenters. The van der Waals surface area contributed by atoms with Gasteiger partial charge >= 0.3 is 12.1 Å². The molecule has 9 nitrogen and oxygen atoms in total. The van der Waals surface area contributed by atoms with Crippen molar-refractivity contribution in [1.82, 2.24) is 10.3 Å². The second-order valence-corrected chi connectivity index (χ2v) is 8.49. The fourth-order valence-corrected chi connectivity index (χ4v) is 4.56. The molecule has 0 spiro atoms. The highest BCUT2D eigenvalue weighted by atomic mass is 32.1. The second-order valence-electron chi connectivity index (χ2n) is 7.63. The Morgan fingerprint density at radius 1 is 1.09 bits per heavy atom. The van der Waals surface area contributed by atoms with Crippen LogP contribution in [-0.2, 0) is 14.3 Å². The van der Waals surface area contributed by atoms with Crippen LogP contribution >= 0.6 is 11.3 Å². The normalized spacial score (nSPS) is 13.0. The van der Waals surface area contributed by atoms with Crippen LogP contribution in [-0.4, -0.2) is 54.4 Å². The van der Waals surface area contributed by atoms with Gasteiger partial charge in [-0.25, -0.2) is 14.6 Å². The predicted octanol–water partition coefficient (Wildman–Crippen LogP) is 3.72. The minimum Gasteiger partial charge on any atom is -0.480 e. The van der Waals surface area contributed by atoms with Crippen molar-refractivity contribution in [2.24, 2.45) is 0 Å². The summed E-state index contributed by atoms with van der Waals surface area (Å²) >= 11 is 1.04. The van der Waals surface area contributed by atoms with Gasteiger partial charge in [0, 0.05) is 31.4 Å². The first-order valence-electron chi connectivity index (χ1n) is 10.6. The number of methoxy groups -OCH3 is 1. The summed E-state index contributed by atoms with van der Waals surface area (Å²) in [5, 5.41) is 15.8. The number of thiazole rings is 1. The van der Waals surface area contributed by atoms with Gasteiger partial charge in [-0.15, -0.1) is 11.3 Å². The van der Waals surface area contributed by atoms with Crippen molar-refractivity contribution in [3.05, 3.63) is 70.7 Å². The van der Waals surface area contributed by atoms with Gasteiger partial charge in [0.05, 0.1) is 0 Å². The number of ether oxygens (including phenoxy) is 2. The van der Waals surface area contributed by atoms with Gasteiger partial charge in [-0.2, -0.15) is 0 Å². The van der Waals surface area contributed by atoms with Crippen molar-refractivity contribution < 1.29 is 29.0 Å². The third-order valence-electron chi connectivity index (χ3n) is 5.50. The van der Waals surface area contributed by atoms with Crippen LogP contribution in [0, 0.1) is 0 Å². The monoisotopic (exact) mass is 481 g/mol. The average Bonchev–Trinajstić information content (AvgIpc) is 3.43. The van der Waals surface area contributed by atoms with E-state index in [4.69, 9.17) is 9.47 Å². The first kappa shape index (κ1) is 23.4. The third-order valence-corrected chi connectivity index (χ3v) is 6.26. The van der Waals surface area contributed by atoms with E-state index in [1.165, 1.54) is 12.5 Å². The molecule has 10 heteroatoms. The molecule has 1 aliphatic rings. The number of carboxylic acids is 1. The summed E-state index contributed by atoms with van der Waals surface area (Å²) in [6, 6.07) is 15.0. The zero-order chi connectivity index (χ0) is 24.1. The van der Waals surface area contributed by atoms with Gasteiger partial charge in [-0.3, -0.25) is 10.1 Å². The van der Waals surface area contributed by atoms with E-state index in [9.17, 15) is 19.5 Å². The van der Waals surface area contributed by atoms with Crippen LogP contribution in [0.1, 0.15) is 34.0 Å². The smallest absolute Gasteiger partial charge is 0.413 e. The minimum absolute atomic E-state index is 0.00242. The standard InChI is InChI=1S/C24H23N3O6S/c1-32-11-10-19(22(29)30)25-21(28)20-13-34-23(26-20)27-24(31)33-12-18-16-8-4-2-6-14(16)15-7-3-5-9-17(15)18/h2-9,13,18-19H,10-12H2,1H3,(H,25,28)(H,29,30)(H,26,27,31). The molecule has 1 heterocycles. The van der Waals surface area contributed by atoms with E-state index in [2.05, 4.69) is 27.8 Å². The van der Waals surface area contributed by atoms with Crippen molar-refractivity contribution >= 4 is 34.4 Å². The fraction of sp³-hybridized carbons (Fsp3) is 0.250. The lowest BCUT2D eigenvalue weighted by Gasteiger charge is -2.14. The van der Waals surface area contributed by atoms with Gasteiger partial charge in [0.1, 0.15) is 18.3 Å². The molecule has 0 saturated carbocycles. The van der Waals surface area contributed by atoms with Gasteiger partial charge in [0.2, 0.25) is 0 Å². The van der Waals surface area contributed by atoms with E-state index >= 15 is 0 Å². The van der Waals surface area contributed by atoms with E-state index < -0.39 is 24.0 Å². The van der Waals surface area contributed by atoms with Crippen LogP contribution in [0.4, 0.5) is 9.93 Å². The number of rotatable bonds is 9. The maximum atomic E-state index is 12.4. The number of anilines is 1. The topological polar surface area (TPSA) is 127 Å². The molecule has 176 valence electrons. The van der Waals surface area contributed by atoms with Crippen molar-refractivity contribution in [3.8, 4) is 11.1 Å². The maximum Gasteiger partial charge on any atom is 0.413 e. The number of hydrogen-bond donors (Lipinski definition) is 3. The van der Waals surface area contributed by atoms with Crippen molar-refractivity contribution in [2.45, 2.75) is 18.4 Å². The molecule has 2 aromatic carbocycles. The molecule has 0 bridgehead atoms. The lowest BCUT2D eigenvalue weighted by Crippen LogP contribution is -2.41. The first-order chi connectivity index (χ1) is 16.5. The summed E-state index contributed by atoms with van der Waals surface area (Å²) in [4.78, 5) is 40.1. The molecule has 3 N–H and O–H groups in total. The predicted molar refractivity (Wildman–Crippen MR) is 126 cm³/mol. The Bertz CT molecular complexity index is 1170. The van der Waals surface area contributed by atoms with Gasteiger partial charge in [0.15, 0.2) is 5.13 Å². The Morgan fingerprint density at radius 3 is 2.35 bits per heavy atom. The maximum absolute atomic E-state index is 12.4. The summed E-state index contributed by atoms with van der Waals surface area (Å²) in [5.74, 6) is -1.89.